The van der Waals surface area contributed by atoms with Gasteiger partial charge in [0.15, 0.2) is 0 Å². The minimum atomic E-state index is -0.423. The second-order valence-electron chi connectivity index (χ2n) is 5.99. The Morgan fingerprint density at radius 1 is 1.38 bits per heavy atom. The fourth-order valence-corrected chi connectivity index (χ4v) is 2.90. The van der Waals surface area contributed by atoms with Gasteiger partial charge < -0.3 is 9.88 Å². The molecular weight excluding hydrogens is 309 g/mol. The quantitative estimate of drug-likeness (QED) is 0.938. The Morgan fingerprint density at radius 3 is 2.92 bits per heavy atom. The number of aromatic amines is 1. The maximum absolute atomic E-state index is 13.9. The van der Waals surface area contributed by atoms with Crippen molar-refractivity contribution in [1.29, 1.82) is 0 Å². The van der Waals surface area contributed by atoms with E-state index in [1.165, 1.54) is 6.07 Å². The molecule has 24 heavy (non-hydrogen) atoms. The summed E-state index contributed by atoms with van der Waals surface area (Å²) < 4.78 is 13.9. The summed E-state index contributed by atoms with van der Waals surface area (Å²) in [7, 11) is 0. The van der Waals surface area contributed by atoms with Crippen LogP contribution >= 0.6 is 0 Å². The zero-order valence-electron chi connectivity index (χ0n) is 13.6. The summed E-state index contributed by atoms with van der Waals surface area (Å²) in [6.45, 7) is 2.86. The molecule has 1 aliphatic rings. The van der Waals surface area contributed by atoms with Crippen LogP contribution in [-0.2, 0) is 17.8 Å². The van der Waals surface area contributed by atoms with Gasteiger partial charge in [-0.1, -0.05) is 25.5 Å². The number of unbranched alkanes of at least 4 members (excludes halogenated alkanes) is 1. The normalized spacial score (nSPS) is 13.7. The van der Waals surface area contributed by atoms with E-state index in [1.54, 1.807) is 23.1 Å². The first-order valence-corrected chi connectivity index (χ1v) is 8.25. The second kappa shape index (κ2) is 6.95. The molecule has 6 heteroatoms. The highest BCUT2D eigenvalue weighted by molar-refractivity contribution is 5.76. The lowest BCUT2D eigenvalue weighted by Gasteiger charge is -2.28. The molecule has 1 N–H and O–H groups in total. The fraction of sp³-hybridized carbons (Fsp3) is 0.389. The Labute approximate surface area is 139 Å². The van der Waals surface area contributed by atoms with E-state index in [0.717, 1.165) is 12.8 Å². The Kier molecular flexibility index (Phi) is 4.74. The number of carbonyl (C=O) groups is 1. The van der Waals surface area contributed by atoms with Crippen molar-refractivity contribution in [1.82, 2.24) is 14.9 Å². The van der Waals surface area contributed by atoms with Gasteiger partial charge in [-0.15, -0.1) is 0 Å². The minimum Gasteiger partial charge on any atom is -0.338 e. The number of H-pyrrole nitrogens is 1. The largest absolute Gasteiger partial charge is 0.338 e. The molecule has 0 unspecified atom stereocenters. The predicted octanol–water partition coefficient (Wildman–Crippen LogP) is 2.65. The Morgan fingerprint density at radius 2 is 2.17 bits per heavy atom. The molecule has 1 aliphatic heterocycles. The van der Waals surface area contributed by atoms with Gasteiger partial charge in [-0.3, -0.25) is 9.59 Å². The van der Waals surface area contributed by atoms with Gasteiger partial charge in [-0.25, -0.2) is 9.37 Å². The van der Waals surface area contributed by atoms with Crippen LogP contribution in [0.4, 0.5) is 4.39 Å². The van der Waals surface area contributed by atoms with Crippen LogP contribution in [0, 0.1) is 5.82 Å². The van der Waals surface area contributed by atoms with Crippen LogP contribution in [0.1, 0.15) is 37.4 Å². The van der Waals surface area contributed by atoms with Crippen molar-refractivity contribution in [2.45, 2.75) is 39.2 Å². The predicted molar refractivity (Wildman–Crippen MR) is 88.9 cm³/mol. The van der Waals surface area contributed by atoms with Crippen LogP contribution in [0.2, 0.25) is 0 Å². The lowest BCUT2D eigenvalue weighted by molar-refractivity contribution is -0.132. The molecule has 0 atom stereocenters. The molecule has 5 nitrogen and oxygen atoms in total. The van der Waals surface area contributed by atoms with Crippen molar-refractivity contribution < 1.29 is 9.18 Å². The average Bonchev–Trinajstić information content (AvgIpc) is 2.59. The lowest BCUT2D eigenvalue weighted by atomic mass is 10.1. The van der Waals surface area contributed by atoms with E-state index < -0.39 is 5.82 Å². The summed E-state index contributed by atoms with van der Waals surface area (Å²) in [5.74, 6) is -0.115. The number of nitrogens with zero attached hydrogens (tertiary/aromatic N) is 2. The first kappa shape index (κ1) is 16.4. The molecule has 0 saturated heterocycles. The third-order valence-electron chi connectivity index (χ3n) is 4.29. The SMILES string of the molecule is CCCCC(=O)N1CCc2nc(-c3ccccc3F)[nH]c(=O)c2C1. The van der Waals surface area contributed by atoms with Crippen LogP contribution in [-0.4, -0.2) is 27.3 Å². The lowest BCUT2D eigenvalue weighted by Crippen LogP contribution is -2.39. The topological polar surface area (TPSA) is 66.1 Å². The van der Waals surface area contributed by atoms with E-state index in [1.807, 2.05) is 6.92 Å². The summed E-state index contributed by atoms with van der Waals surface area (Å²) >= 11 is 0. The number of nitrogens with one attached hydrogen (secondary N) is 1. The van der Waals surface area contributed by atoms with E-state index in [0.29, 0.717) is 30.6 Å². The molecule has 1 aromatic carbocycles. The second-order valence-corrected chi connectivity index (χ2v) is 5.99. The smallest absolute Gasteiger partial charge is 0.256 e. The molecule has 1 amide bonds. The van der Waals surface area contributed by atoms with Crippen LogP contribution in [0.5, 0.6) is 0 Å². The molecule has 0 bridgehead atoms. The number of halogens is 1. The molecule has 2 heterocycles. The first-order chi connectivity index (χ1) is 11.6. The number of carbonyl (C=O) groups excluding carboxylic acids is 1. The van der Waals surface area contributed by atoms with E-state index in [9.17, 15) is 14.0 Å². The van der Waals surface area contributed by atoms with Gasteiger partial charge >= 0.3 is 0 Å². The Balaban J connectivity index is 1.88. The molecule has 3 rings (SSSR count). The number of amides is 1. The summed E-state index contributed by atoms with van der Waals surface area (Å²) in [5.41, 5.74) is 1.13. The summed E-state index contributed by atoms with van der Waals surface area (Å²) in [6, 6.07) is 6.22. The molecule has 0 fully saturated rings. The monoisotopic (exact) mass is 329 g/mol. The van der Waals surface area contributed by atoms with Gasteiger partial charge in [0.25, 0.3) is 5.56 Å². The highest BCUT2D eigenvalue weighted by Gasteiger charge is 2.24. The Hall–Kier alpha value is -2.50. The summed E-state index contributed by atoms with van der Waals surface area (Å²) in [6.07, 6.45) is 2.83. The van der Waals surface area contributed by atoms with E-state index >= 15 is 0 Å². The zero-order valence-corrected chi connectivity index (χ0v) is 13.6. The maximum atomic E-state index is 13.9. The van der Waals surface area contributed by atoms with Crippen molar-refractivity contribution >= 4 is 5.91 Å². The number of rotatable bonds is 4. The molecule has 0 radical (unpaired) electrons. The van der Waals surface area contributed by atoms with Crippen molar-refractivity contribution in [2.75, 3.05) is 6.54 Å². The van der Waals surface area contributed by atoms with Gasteiger partial charge in [-0.05, 0) is 18.6 Å². The molecule has 0 saturated carbocycles. The molecule has 0 aliphatic carbocycles. The third-order valence-corrected chi connectivity index (χ3v) is 4.29. The maximum Gasteiger partial charge on any atom is 0.256 e. The number of fused-ring (bicyclic) bond motifs is 1. The van der Waals surface area contributed by atoms with Crippen molar-refractivity contribution in [3.8, 4) is 11.4 Å². The molecule has 1 aromatic heterocycles. The highest BCUT2D eigenvalue weighted by Crippen LogP contribution is 2.21. The molecule has 126 valence electrons. The third kappa shape index (κ3) is 3.22. The van der Waals surface area contributed by atoms with Crippen molar-refractivity contribution in [3.05, 3.63) is 51.7 Å². The van der Waals surface area contributed by atoms with E-state index in [4.69, 9.17) is 0 Å². The van der Waals surface area contributed by atoms with Crippen LogP contribution in [0.3, 0.4) is 0 Å². The van der Waals surface area contributed by atoms with E-state index in [-0.39, 0.29) is 29.4 Å². The molecule has 2 aromatic rings. The fourth-order valence-electron chi connectivity index (χ4n) is 2.90. The van der Waals surface area contributed by atoms with Crippen molar-refractivity contribution in [3.63, 3.8) is 0 Å². The molecule has 0 spiro atoms. The minimum absolute atomic E-state index is 0.0695. The van der Waals surface area contributed by atoms with Gasteiger partial charge in [0.1, 0.15) is 11.6 Å². The number of hydrogen-bond donors (Lipinski definition) is 1. The Bertz CT molecular complexity index is 816. The van der Waals surface area contributed by atoms with E-state index in [2.05, 4.69) is 9.97 Å². The van der Waals surface area contributed by atoms with Gasteiger partial charge in [0.2, 0.25) is 5.91 Å². The number of aromatic nitrogens is 2. The van der Waals surface area contributed by atoms with Gasteiger partial charge in [0.05, 0.1) is 23.4 Å². The standard InChI is InChI=1S/C18H20FN3O2/c1-2-3-8-16(23)22-10-9-15-13(11-22)18(24)21-17(20-15)12-6-4-5-7-14(12)19/h4-7H,2-3,8-11H2,1H3,(H,20,21,24). The molecular formula is C18H20FN3O2. The summed E-state index contributed by atoms with van der Waals surface area (Å²) in [5, 5.41) is 0. The number of hydrogen-bond acceptors (Lipinski definition) is 3. The van der Waals surface area contributed by atoms with Crippen LogP contribution in [0.25, 0.3) is 11.4 Å². The van der Waals surface area contributed by atoms with Gasteiger partial charge in [-0.2, -0.15) is 0 Å². The highest BCUT2D eigenvalue weighted by atomic mass is 19.1. The first-order valence-electron chi connectivity index (χ1n) is 8.25. The van der Waals surface area contributed by atoms with Gasteiger partial charge in [0, 0.05) is 19.4 Å². The van der Waals surface area contributed by atoms with Crippen LogP contribution < -0.4 is 5.56 Å². The van der Waals surface area contributed by atoms with Crippen LogP contribution in [0.15, 0.2) is 29.1 Å². The average molecular weight is 329 g/mol. The summed E-state index contributed by atoms with van der Waals surface area (Å²) in [4.78, 5) is 33.3. The van der Waals surface area contributed by atoms with Crippen molar-refractivity contribution in [2.24, 2.45) is 0 Å². The number of benzene rings is 1. The zero-order chi connectivity index (χ0) is 17.1.